The van der Waals surface area contributed by atoms with Gasteiger partial charge in [-0.15, -0.1) is 10.2 Å². The number of hydrogen-bond acceptors (Lipinski definition) is 6. The smallest absolute Gasteiger partial charge is 0.475 e. The molecule has 0 aliphatic carbocycles. The van der Waals surface area contributed by atoms with Crippen molar-refractivity contribution in [1.29, 1.82) is 0 Å². The minimum atomic E-state index is -5.08. The van der Waals surface area contributed by atoms with Crippen LogP contribution in [-0.4, -0.2) is 42.0 Å². The number of halogens is 3. The molecule has 12 heteroatoms. The van der Waals surface area contributed by atoms with Crippen molar-refractivity contribution in [1.82, 2.24) is 24.7 Å². The zero-order chi connectivity index (χ0) is 25.6. The number of H-pyrrole nitrogens is 1. The molecule has 0 saturated carbocycles. The Morgan fingerprint density at radius 1 is 1.14 bits per heavy atom. The van der Waals surface area contributed by atoms with Crippen LogP contribution in [0.25, 0.3) is 22.3 Å². The fourth-order valence-corrected chi connectivity index (χ4v) is 3.44. The highest BCUT2D eigenvalue weighted by molar-refractivity contribution is 5.95. The number of nitrogens with two attached hydrogens (primary N) is 2. The maximum absolute atomic E-state index is 10.6. The Morgan fingerprint density at radius 2 is 1.80 bits per heavy atom. The molecule has 0 saturated heterocycles. The molecule has 0 amide bonds. The SMILES string of the molecule is CCCCc1nc2c(N)nnc(-c3cc[nH]c3)c2n1Cc1ccc(CN)cc1.O=C(O)C(F)(F)F. The number of carbonyl (C=O) groups is 1. The number of alkyl halides is 3. The predicted molar refractivity (Wildman–Crippen MR) is 125 cm³/mol. The Morgan fingerprint density at radius 3 is 2.34 bits per heavy atom. The first-order chi connectivity index (χ1) is 16.7. The van der Waals surface area contributed by atoms with Gasteiger partial charge in [-0.1, -0.05) is 37.6 Å². The van der Waals surface area contributed by atoms with E-state index in [1.54, 1.807) is 0 Å². The van der Waals surface area contributed by atoms with Gasteiger partial charge in [0.05, 0.1) is 0 Å². The second-order valence-corrected chi connectivity index (χ2v) is 7.77. The number of aromatic amines is 1. The summed E-state index contributed by atoms with van der Waals surface area (Å²) in [6.07, 6.45) is 1.76. The molecule has 186 valence electrons. The average Bonchev–Trinajstić information content (AvgIpc) is 3.48. The van der Waals surface area contributed by atoms with Gasteiger partial charge in [0.15, 0.2) is 5.82 Å². The number of unbranched alkanes of at least 4 members (excludes halogenated alkanes) is 1. The van der Waals surface area contributed by atoms with Gasteiger partial charge in [-0.25, -0.2) is 9.78 Å². The number of hydrogen-bond donors (Lipinski definition) is 4. The van der Waals surface area contributed by atoms with Crippen LogP contribution < -0.4 is 11.5 Å². The number of aromatic nitrogens is 5. The number of rotatable bonds is 7. The number of nitrogens with one attached hydrogen (secondary N) is 1. The number of fused-ring (bicyclic) bond motifs is 1. The Hall–Kier alpha value is -3.93. The molecule has 4 aromatic rings. The van der Waals surface area contributed by atoms with Crippen molar-refractivity contribution >= 4 is 22.8 Å². The quantitative estimate of drug-likeness (QED) is 0.308. The summed E-state index contributed by atoms with van der Waals surface area (Å²) < 4.78 is 34.0. The molecular weight excluding hydrogens is 463 g/mol. The summed E-state index contributed by atoms with van der Waals surface area (Å²) in [4.78, 5) is 16.8. The number of carboxylic acids is 1. The van der Waals surface area contributed by atoms with Crippen molar-refractivity contribution < 1.29 is 23.1 Å². The Bertz CT molecular complexity index is 1270. The normalized spacial score (nSPS) is 11.3. The Kier molecular flexibility index (Phi) is 8.07. The molecule has 1 aromatic carbocycles. The van der Waals surface area contributed by atoms with Crippen molar-refractivity contribution in [3.63, 3.8) is 0 Å². The molecular formula is C23H26F3N7O2. The van der Waals surface area contributed by atoms with Crippen molar-refractivity contribution in [3.05, 3.63) is 59.7 Å². The molecule has 0 aliphatic heterocycles. The highest BCUT2D eigenvalue weighted by Gasteiger charge is 2.38. The van der Waals surface area contributed by atoms with E-state index in [4.69, 9.17) is 26.4 Å². The van der Waals surface area contributed by atoms with E-state index in [9.17, 15) is 13.2 Å². The van der Waals surface area contributed by atoms with Gasteiger partial charge in [0.2, 0.25) is 0 Å². The Balaban J connectivity index is 0.000000429. The molecule has 0 unspecified atom stereocenters. The zero-order valence-corrected chi connectivity index (χ0v) is 19.0. The van der Waals surface area contributed by atoms with Gasteiger partial charge in [0.25, 0.3) is 0 Å². The van der Waals surface area contributed by atoms with E-state index in [1.165, 1.54) is 5.56 Å². The zero-order valence-electron chi connectivity index (χ0n) is 19.0. The van der Waals surface area contributed by atoms with E-state index in [-0.39, 0.29) is 0 Å². The van der Waals surface area contributed by atoms with E-state index < -0.39 is 12.1 Å². The van der Waals surface area contributed by atoms with E-state index in [0.29, 0.717) is 18.9 Å². The summed E-state index contributed by atoms with van der Waals surface area (Å²) in [5.74, 6) is -1.38. The summed E-state index contributed by atoms with van der Waals surface area (Å²) in [6.45, 7) is 3.42. The van der Waals surface area contributed by atoms with Crippen LogP contribution in [0.3, 0.4) is 0 Å². The molecule has 3 heterocycles. The molecule has 9 nitrogen and oxygen atoms in total. The topological polar surface area (TPSA) is 149 Å². The molecule has 6 N–H and O–H groups in total. The van der Waals surface area contributed by atoms with Crippen LogP contribution in [0.4, 0.5) is 19.0 Å². The molecule has 35 heavy (non-hydrogen) atoms. The van der Waals surface area contributed by atoms with Crippen molar-refractivity contribution in [2.24, 2.45) is 5.73 Å². The molecule has 0 spiro atoms. The van der Waals surface area contributed by atoms with Crippen LogP contribution >= 0.6 is 0 Å². The highest BCUT2D eigenvalue weighted by atomic mass is 19.4. The summed E-state index contributed by atoms with van der Waals surface area (Å²) in [5.41, 5.74) is 17.6. The molecule has 3 aromatic heterocycles. The van der Waals surface area contributed by atoms with E-state index in [0.717, 1.165) is 52.9 Å². The highest BCUT2D eigenvalue weighted by Crippen LogP contribution is 2.30. The summed E-state index contributed by atoms with van der Waals surface area (Å²) in [6, 6.07) is 10.4. The number of aliphatic carboxylic acids is 1. The number of imidazole rings is 1. The van der Waals surface area contributed by atoms with Gasteiger partial charge in [0.1, 0.15) is 22.6 Å². The first kappa shape index (κ1) is 25.7. The second-order valence-electron chi connectivity index (χ2n) is 7.77. The van der Waals surface area contributed by atoms with Crippen LogP contribution in [0.15, 0.2) is 42.7 Å². The van der Waals surface area contributed by atoms with Crippen molar-refractivity contribution in [2.45, 2.75) is 45.5 Å². The fraction of sp³-hybridized carbons (Fsp3) is 0.304. The van der Waals surface area contributed by atoms with Gasteiger partial charge in [-0.3, -0.25) is 0 Å². The van der Waals surface area contributed by atoms with Gasteiger partial charge in [-0.2, -0.15) is 13.2 Å². The molecule has 0 bridgehead atoms. The number of carboxylic acid groups (broad SMARTS) is 1. The largest absolute Gasteiger partial charge is 0.490 e. The average molecular weight is 490 g/mol. The molecule has 4 rings (SSSR count). The third kappa shape index (κ3) is 6.15. The van der Waals surface area contributed by atoms with E-state index in [2.05, 4.69) is 50.9 Å². The van der Waals surface area contributed by atoms with Crippen molar-refractivity contribution in [3.8, 4) is 11.3 Å². The lowest BCUT2D eigenvalue weighted by Crippen LogP contribution is -2.21. The van der Waals surface area contributed by atoms with Crippen LogP contribution in [-0.2, 0) is 24.3 Å². The van der Waals surface area contributed by atoms with Crippen LogP contribution in [0, 0.1) is 0 Å². The first-order valence-electron chi connectivity index (χ1n) is 10.9. The van der Waals surface area contributed by atoms with Crippen LogP contribution in [0.1, 0.15) is 36.7 Å². The number of nitrogen functional groups attached to an aromatic ring is 1. The monoisotopic (exact) mass is 489 g/mol. The summed E-state index contributed by atoms with van der Waals surface area (Å²) >= 11 is 0. The van der Waals surface area contributed by atoms with Gasteiger partial charge in [0, 0.05) is 37.5 Å². The third-order valence-electron chi connectivity index (χ3n) is 5.24. The lowest BCUT2D eigenvalue weighted by atomic mass is 10.1. The minimum Gasteiger partial charge on any atom is -0.475 e. The van der Waals surface area contributed by atoms with E-state index in [1.807, 2.05) is 18.5 Å². The van der Waals surface area contributed by atoms with Gasteiger partial charge < -0.3 is 26.1 Å². The van der Waals surface area contributed by atoms with E-state index >= 15 is 0 Å². The summed E-state index contributed by atoms with van der Waals surface area (Å²) in [5, 5.41) is 15.7. The third-order valence-corrected chi connectivity index (χ3v) is 5.24. The number of anilines is 1. The lowest BCUT2D eigenvalue weighted by Gasteiger charge is -2.11. The number of aryl methyl sites for hydroxylation is 1. The number of nitrogens with zero attached hydrogens (tertiary/aromatic N) is 4. The minimum absolute atomic E-state index is 0.365. The van der Waals surface area contributed by atoms with Gasteiger partial charge >= 0.3 is 12.1 Å². The Labute approximate surface area is 199 Å². The van der Waals surface area contributed by atoms with Gasteiger partial charge in [-0.05, 0) is 23.6 Å². The maximum atomic E-state index is 10.6. The molecule has 0 aliphatic rings. The van der Waals surface area contributed by atoms with Crippen LogP contribution in [0.2, 0.25) is 0 Å². The van der Waals surface area contributed by atoms with Crippen LogP contribution in [0.5, 0.6) is 0 Å². The second kappa shape index (κ2) is 11.0. The number of benzene rings is 1. The predicted octanol–water partition coefficient (Wildman–Crippen LogP) is 3.89. The fourth-order valence-electron chi connectivity index (χ4n) is 3.44. The maximum Gasteiger partial charge on any atom is 0.490 e. The molecule has 0 atom stereocenters. The standard InChI is InChI=1S/C21H25N7.C2HF3O2/c1-2-3-4-17-25-19-20(18(26-27-21(19)23)16-9-10-24-12-16)28(17)13-15-7-5-14(11-22)6-8-15;3-2(4,5)1(6)7/h5-10,12,24H,2-4,11,13,22H2,1H3,(H2,23,27);(H,6,7). The van der Waals surface area contributed by atoms with Crippen molar-refractivity contribution in [2.75, 3.05) is 5.73 Å². The molecule has 0 radical (unpaired) electrons. The lowest BCUT2D eigenvalue weighted by molar-refractivity contribution is -0.192. The first-order valence-corrected chi connectivity index (χ1v) is 10.9. The molecule has 0 fully saturated rings. The summed E-state index contributed by atoms with van der Waals surface area (Å²) in [7, 11) is 0.